The Morgan fingerprint density at radius 3 is 2.09 bits per heavy atom. The van der Waals surface area contributed by atoms with Gasteiger partial charge in [-0.3, -0.25) is 19.3 Å². The van der Waals surface area contributed by atoms with Gasteiger partial charge in [-0.25, -0.2) is 0 Å². The molecule has 7 heteroatoms. The first-order valence-corrected chi connectivity index (χ1v) is 11.4. The summed E-state index contributed by atoms with van der Waals surface area (Å²) in [6.45, 7) is 3.92. The van der Waals surface area contributed by atoms with E-state index in [0.717, 1.165) is 37.3 Å². The minimum absolute atomic E-state index is 0.123. The van der Waals surface area contributed by atoms with Crippen LogP contribution in [0.2, 0.25) is 0 Å². The second-order valence-electron chi connectivity index (χ2n) is 8.39. The molecule has 176 valence electrons. The predicted molar refractivity (Wildman–Crippen MR) is 135 cm³/mol. The third kappa shape index (κ3) is 5.88. The summed E-state index contributed by atoms with van der Waals surface area (Å²) in [5, 5.41) is 4.20. The normalized spacial score (nSPS) is 14.5. The van der Waals surface area contributed by atoms with Crippen molar-refractivity contribution in [2.45, 2.75) is 0 Å². The first kappa shape index (κ1) is 23.6. The standard InChI is InChI=1S/C27H30N4O3/c1-29-16-18-30(19-17-29)20-26(32)31(34-2)25-14-12-24(13-15-25)28-27(33)23-10-8-22(9-11-23)21-6-4-3-5-7-21/h3-15H,16-20H2,1-2H3,(H,28,33). The average molecular weight is 459 g/mol. The molecule has 3 aromatic rings. The highest BCUT2D eigenvalue weighted by atomic mass is 16.7. The minimum Gasteiger partial charge on any atom is -0.322 e. The van der Waals surface area contributed by atoms with Crippen LogP contribution in [-0.2, 0) is 9.63 Å². The molecule has 0 radical (unpaired) electrons. The quantitative estimate of drug-likeness (QED) is 0.547. The van der Waals surface area contributed by atoms with Gasteiger partial charge in [0.2, 0.25) is 0 Å². The molecule has 3 aromatic carbocycles. The Balaban J connectivity index is 1.36. The van der Waals surface area contributed by atoms with Crippen LogP contribution in [0.3, 0.4) is 0 Å². The van der Waals surface area contributed by atoms with Crippen LogP contribution in [0, 0.1) is 0 Å². The number of likely N-dealkylation sites (N-methyl/N-ethyl adjacent to an activating group) is 1. The molecule has 2 amide bonds. The first-order chi connectivity index (χ1) is 16.5. The van der Waals surface area contributed by atoms with Crippen LogP contribution >= 0.6 is 0 Å². The first-order valence-electron chi connectivity index (χ1n) is 11.4. The van der Waals surface area contributed by atoms with Crippen LogP contribution < -0.4 is 10.4 Å². The number of anilines is 2. The molecule has 1 aliphatic heterocycles. The van der Waals surface area contributed by atoms with Crippen molar-refractivity contribution in [1.29, 1.82) is 0 Å². The number of nitrogens with zero attached hydrogens (tertiary/aromatic N) is 3. The van der Waals surface area contributed by atoms with E-state index in [-0.39, 0.29) is 11.8 Å². The molecule has 0 unspecified atom stereocenters. The number of nitrogens with one attached hydrogen (secondary N) is 1. The molecule has 34 heavy (non-hydrogen) atoms. The van der Waals surface area contributed by atoms with Crippen LogP contribution in [0.25, 0.3) is 11.1 Å². The number of hydrogen-bond donors (Lipinski definition) is 1. The second-order valence-corrected chi connectivity index (χ2v) is 8.39. The summed E-state index contributed by atoms with van der Waals surface area (Å²) >= 11 is 0. The van der Waals surface area contributed by atoms with Crippen molar-refractivity contribution in [3.63, 3.8) is 0 Å². The van der Waals surface area contributed by atoms with Crippen molar-refractivity contribution in [1.82, 2.24) is 9.80 Å². The Hall–Kier alpha value is -3.52. The molecule has 0 saturated carbocycles. The minimum atomic E-state index is -0.192. The van der Waals surface area contributed by atoms with Crippen LogP contribution in [-0.4, -0.2) is 68.5 Å². The van der Waals surface area contributed by atoms with Crippen LogP contribution in [0.5, 0.6) is 0 Å². The lowest BCUT2D eigenvalue weighted by Crippen LogP contribution is -2.48. The highest BCUT2D eigenvalue weighted by Gasteiger charge is 2.22. The lowest BCUT2D eigenvalue weighted by Gasteiger charge is -2.32. The predicted octanol–water partition coefficient (Wildman–Crippen LogP) is 3.75. The number of rotatable bonds is 7. The molecule has 0 aliphatic carbocycles. The van der Waals surface area contributed by atoms with E-state index in [1.807, 2.05) is 54.6 Å². The number of benzene rings is 3. The number of piperazine rings is 1. The maximum Gasteiger partial charge on any atom is 0.265 e. The van der Waals surface area contributed by atoms with Gasteiger partial charge in [-0.15, -0.1) is 0 Å². The van der Waals surface area contributed by atoms with Gasteiger partial charge < -0.3 is 10.2 Å². The van der Waals surface area contributed by atoms with Gasteiger partial charge in [-0.2, -0.15) is 5.06 Å². The molecule has 0 aromatic heterocycles. The van der Waals surface area contributed by atoms with Crippen molar-refractivity contribution < 1.29 is 14.4 Å². The lowest BCUT2D eigenvalue weighted by molar-refractivity contribution is -0.126. The molecule has 7 nitrogen and oxygen atoms in total. The Morgan fingerprint density at radius 2 is 1.47 bits per heavy atom. The number of amides is 2. The number of carbonyl (C=O) groups is 2. The zero-order valence-corrected chi connectivity index (χ0v) is 19.6. The van der Waals surface area contributed by atoms with Crippen molar-refractivity contribution >= 4 is 23.2 Å². The van der Waals surface area contributed by atoms with E-state index < -0.39 is 0 Å². The maximum absolute atomic E-state index is 12.8. The van der Waals surface area contributed by atoms with Gasteiger partial charge in [0, 0.05) is 37.4 Å². The summed E-state index contributed by atoms with van der Waals surface area (Å²) < 4.78 is 0. The molecule has 0 spiro atoms. The van der Waals surface area contributed by atoms with Gasteiger partial charge in [-0.05, 0) is 54.6 Å². The number of hydroxylamine groups is 1. The maximum atomic E-state index is 12.8. The van der Waals surface area contributed by atoms with Gasteiger partial charge in [0.1, 0.15) is 0 Å². The van der Waals surface area contributed by atoms with Gasteiger partial charge in [0.15, 0.2) is 0 Å². The molecule has 1 aliphatic rings. The van der Waals surface area contributed by atoms with Crippen LogP contribution in [0.1, 0.15) is 10.4 Å². The van der Waals surface area contributed by atoms with Crippen molar-refractivity contribution in [2.75, 3.05) is 57.3 Å². The van der Waals surface area contributed by atoms with Crippen molar-refractivity contribution in [3.8, 4) is 11.1 Å². The highest BCUT2D eigenvalue weighted by Crippen LogP contribution is 2.21. The third-order valence-electron chi connectivity index (χ3n) is 5.98. The SMILES string of the molecule is CON(C(=O)CN1CCN(C)CC1)c1ccc(NC(=O)c2ccc(-c3ccccc3)cc2)cc1. The third-order valence-corrected chi connectivity index (χ3v) is 5.98. The largest absolute Gasteiger partial charge is 0.322 e. The second kappa shape index (κ2) is 11.1. The summed E-state index contributed by atoms with van der Waals surface area (Å²) in [7, 11) is 3.57. The summed E-state index contributed by atoms with van der Waals surface area (Å²) in [6, 6.07) is 24.6. The molecule has 1 fully saturated rings. The Bertz CT molecular complexity index is 1090. The van der Waals surface area contributed by atoms with Gasteiger partial charge in [0.25, 0.3) is 11.8 Å². The molecule has 1 heterocycles. The summed E-state index contributed by atoms with van der Waals surface area (Å²) in [5.41, 5.74) is 4.00. The lowest BCUT2D eigenvalue weighted by atomic mass is 10.0. The van der Waals surface area contributed by atoms with E-state index in [2.05, 4.69) is 22.2 Å². The number of hydrogen-bond acceptors (Lipinski definition) is 5. The smallest absolute Gasteiger partial charge is 0.265 e. The molecule has 0 bridgehead atoms. The van der Waals surface area contributed by atoms with Crippen molar-refractivity contribution in [2.24, 2.45) is 0 Å². The zero-order chi connectivity index (χ0) is 23.9. The fraction of sp³-hybridized carbons (Fsp3) is 0.259. The monoisotopic (exact) mass is 458 g/mol. The highest BCUT2D eigenvalue weighted by molar-refractivity contribution is 6.04. The fourth-order valence-corrected chi connectivity index (χ4v) is 3.94. The zero-order valence-electron chi connectivity index (χ0n) is 19.6. The Morgan fingerprint density at radius 1 is 0.853 bits per heavy atom. The molecule has 0 atom stereocenters. The van der Waals surface area contributed by atoms with Crippen LogP contribution in [0.15, 0.2) is 78.9 Å². The van der Waals surface area contributed by atoms with E-state index in [9.17, 15) is 9.59 Å². The molecular weight excluding hydrogens is 428 g/mol. The van der Waals surface area contributed by atoms with E-state index >= 15 is 0 Å². The summed E-state index contributed by atoms with van der Waals surface area (Å²) in [6.07, 6.45) is 0. The molecular formula is C27H30N4O3. The van der Waals surface area contributed by atoms with Gasteiger partial charge in [-0.1, -0.05) is 42.5 Å². The average Bonchev–Trinajstić information content (AvgIpc) is 2.87. The van der Waals surface area contributed by atoms with Gasteiger partial charge >= 0.3 is 0 Å². The van der Waals surface area contributed by atoms with Crippen molar-refractivity contribution in [3.05, 3.63) is 84.4 Å². The molecule has 1 N–H and O–H groups in total. The number of carbonyl (C=O) groups excluding carboxylic acids is 2. The van der Waals surface area contributed by atoms with E-state index in [1.165, 1.54) is 12.2 Å². The van der Waals surface area contributed by atoms with Crippen LogP contribution in [0.4, 0.5) is 11.4 Å². The fourth-order valence-electron chi connectivity index (χ4n) is 3.94. The Labute approximate surface area is 200 Å². The molecule has 4 rings (SSSR count). The van der Waals surface area contributed by atoms with E-state index in [0.29, 0.717) is 23.5 Å². The summed E-state index contributed by atoms with van der Waals surface area (Å²) in [4.78, 5) is 35.2. The molecule has 1 saturated heterocycles. The van der Waals surface area contributed by atoms with Gasteiger partial charge in [0.05, 0.1) is 19.3 Å². The summed E-state index contributed by atoms with van der Waals surface area (Å²) in [5.74, 6) is -0.315. The van der Waals surface area contributed by atoms with E-state index in [4.69, 9.17) is 4.84 Å². The topological polar surface area (TPSA) is 65.1 Å². The van der Waals surface area contributed by atoms with E-state index in [1.54, 1.807) is 24.3 Å². The Kier molecular flexibility index (Phi) is 7.69.